The maximum Gasteiger partial charge on any atom is 0.265 e. The summed E-state index contributed by atoms with van der Waals surface area (Å²) < 4.78 is 42.6. The van der Waals surface area contributed by atoms with Crippen molar-refractivity contribution in [2.75, 3.05) is 43.0 Å². The number of morpholine rings is 1. The zero-order chi connectivity index (χ0) is 23.0. The third-order valence-electron chi connectivity index (χ3n) is 5.38. The number of nitrogens with one attached hydrogen (secondary N) is 1. The highest BCUT2D eigenvalue weighted by atomic mass is 32.2. The second-order valence-corrected chi connectivity index (χ2v) is 9.09. The van der Waals surface area contributed by atoms with E-state index in [0.717, 1.165) is 18.8 Å². The first-order chi connectivity index (χ1) is 16.0. The summed E-state index contributed by atoms with van der Waals surface area (Å²) in [5.74, 6) is 0.648. The fourth-order valence-electron chi connectivity index (χ4n) is 3.71. The summed E-state index contributed by atoms with van der Waals surface area (Å²) in [5, 5.41) is 9.07. The number of aryl methyl sites for hydroxylation is 1. The molecule has 12 nitrogen and oxygen atoms in total. The minimum atomic E-state index is -4.00. The van der Waals surface area contributed by atoms with E-state index >= 15 is 0 Å². The molecule has 0 radical (unpaired) electrons. The normalized spacial score (nSPS) is 14.5. The Labute approximate surface area is 189 Å². The highest BCUT2D eigenvalue weighted by molar-refractivity contribution is 7.92. The van der Waals surface area contributed by atoms with Gasteiger partial charge in [0.25, 0.3) is 10.0 Å². The van der Waals surface area contributed by atoms with E-state index in [1.165, 1.54) is 24.2 Å². The predicted octanol–water partition coefficient (Wildman–Crippen LogP) is 1.19. The molecule has 0 bridgehead atoms. The van der Waals surface area contributed by atoms with Crippen LogP contribution in [0.15, 0.2) is 48.0 Å². The molecule has 0 unspecified atom stereocenters. The SMILES string of the molecule is COc1ncc2cnn(C)c2c1NS(=O)(=O)c1cnn(-c2cc(N3CCOCC3)ccn2)c1. The van der Waals surface area contributed by atoms with Crippen molar-refractivity contribution in [2.45, 2.75) is 4.90 Å². The van der Waals surface area contributed by atoms with E-state index in [0.29, 0.717) is 29.9 Å². The van der Waals surface area contributed by atoms with Crippen LogP contribution in [0.1, 0.15) is 0 Å². The molecule has 172 valence electrons. The van der Waals surface area contributed by atoms with Crippen LogP contribution in [0.5, 0.6) is 5.88 Å². The number of rotatable bonds is 6. The second kappa shape index (κ2) is 8.33. The van der Waals surface area contributed by atoms with Crippen LogP contribution in [0.2, 0.25) is 0 Å². The number of hydrogen-bond acceptors (Lipinski definition) is 9. The average Bonchev–Trinajstić information content (AvgIpc) is 3.48. The van der Waals surface area contributed by atoms with E-state index in [2.05, 4.69) is 29.8 Å². The first-order valence-electron chi connectivity index (χ1n) is 10.2. The smallest absolute Gasteiger partial charge is 0.265 e. The molecule has 1 saturated heterocycles. The van der Waals surface area contributed by atoms with Gasteiger partial charge in [-0.05, 0) is 6.07 Å². The molecule has 1 aliphatic rings. The Balaban J connectivity index is 1.46. The van der Waals surface area contributed by atoms with Gasteiger partial charge in [-0.25, -0.2) is 23.1 Å². The predicted molar refractivity (Wildman–Crippen MR) is 120 cm³/mol. The minimum Gasteiger partial charge on any atom is -0.479 e. The molecule has 4 aromatic heterocycles. The lowest BCUT2D eigenvalue weighted by Gasteiger charge is -2.28. The summed E-state index contributed by atoms with van der Waals surface area (Å²) in [6.07, 6.45) is 7.54. The van der Waals surface area contributed by atoms with Crippen molar-refractivity contribution in [3.8, 4) is 11.7 Å². The van der Waals surface area contributed by atoms with Gasteiger partial charge in [0, 0.05) is 49.7 Å². The fourth-order valence-corrected chi connectivity index (χ4v) is 4.71. The van der Waals surface area contributed by atoms with Gasteiger partial charge in [0.1, 0.15) is 10.6 Å². The third-order valence-corrected chi connectivity index (χ3v) is 6.68. The summed E-state index contributed by atoms with van der Waals surface area (Å²) in [7, 11) is -0.862. The van der Waals surface area contributed by atoms with Gasteiger partial charge in [-0.3, -0.25) is 9.40 Å². The highest BCUT2D eigenvalue weighted by Gasteiger charge is 2.23. The van der Waals surface area contributed by atoms with Crippen LogP contribution in [-0.2, 0) is 21.8 Å². The second-order valence-electron chi connectivity index (χ2n) is 7.41. The van der Waals surface area contributed by atoms with E-state index in [4.69, 9.17) is 9.47 Å². The highest BCUT2D eigenvalue weighted by Crippen LogP contribution is 2.32. The summed E-state index contributed by atoms with van der Waals surface area (Å²) in [6, 6.07) is 3.77. The molecule has 1 aliphatic heterocycles. The van der Waals surface area contributed by atoms with Gasteiger partial charge in [0.2, 0.25) is 5.88 Å². The number of ether oxygens (including phenoxy) is 2. The zero-order valence-electron chi connectivity index (χ0n) is 18.0. The van der Waals surface area contributed by atoms with Gasteiger partial charge in [-0.1, -0.05) is 0 Å². The number of fused-ring (bicyclic) bond motifs is 1. The minimum absolute atomic E-state index is 0.0256. The van der Waals surface area contributed by atoms with Gasteiger partial charge >= 0.3 is 0 Å². The molecule has 0 spiro atoms. The van der Waals surface area contributed by atoms with Gasteiger partial charge in [-0.2, -0.15) is 10.2 Å². The molecule has 5 rings (SSSR count). The van der Waals surface area contributed by atoms with E-state index in [1.54, 1.807) is 30.3 Å². The quantitative estimate of drug-likeness (QED) is 0.442. The Bertz CT molecular complexity index is 1410. The molecule has 0 aromatic carbocycles. The zero-order valence-corrected chi connectivity index (χ0v) is 18.9. The van der Waals surface area contributed by atoms with Crippen LogP contribution >= 0.6 is 0 Å². The maximum absolute atomic E-state index is 13.2. The maximum atomic E-state index is 13.2. The Morgan fingerprint density at radius 2 is 1.94 bits per heavy atom. The Hall–Kier alpha value is -3.71. The van der Waals surface area contributed by atoms with Crippen molar-refractivity contribution in [1.82, 2.24) is 29.5 Å². The number of sulfonamides is 1. The lowest BCUT2D eigenvalue weighted by molar-refractivity contribution is 0.122. The van der Waals surface area contributed by atoms with Crippen LogP contribution < -0.4 is 14.4 Å². The van der Waals surface area contributed by atoms with Gasteiger partial charge in [-0.15, -0.1) is 0 Å². The molecule has 1 N–H and O–H groups in total. The monoisotopic (exact) mass is 470 g/mol. The molecule has 0 aliphatic carbocycles. The lowest BCUT2D eigenvalue weighted by atomic mass is 10.3. The summed E-state index contributed by atoms with van der Waals surface area (Å²) in [6.45, 7) is 2.88. The van der Waals surface area contributed by atoms with E-state index in [1.807, 2.05) is 12.1 Å². The fraction of sp³-hybridized carbons (Fsp3) is 0.300. The van der Waals surface area contributed by atoms with Crippen molar-refractivity contribution >= 4 is 32.3 Å². The number of methoxy groups -OCH3 is 1. The number of nitrogens with zero attached hydrogens (tertiary/aromatic N) is 7. The van der Waals surface area contributed by atoms with Crippen LogP contribution in [0, 0.1) is 0 Å². The van der Waals surface area contributed by atoms with Crippen LogP contribution in [0.25, 0.3) is 16.7 Å². The van der Waals surface area contributed by atoms with Crippen molar-refractivity contribution in [2.24, 2.45) is 7.05 Å². The Morgan fingerprint density at radius 1 is 1.12 bits per heavy atom. The summed E-state index contributed by atoms with van der Waals surface area (Å²) >= 11 is 0. The molecule has 13 heteroatoms. The molecular formula is C20H22N8O4S. The molecule has 0 saturated carbocycles. The van der Waals surface area contributed by atoms with Crippen LogP contribution in [-0.4, -0.2) is 71.4 Å². The standard InChI is InChI=1S/C20H22N8O4S/c1-26-19-14(11-23-26)10-22-20(31-2)18(19)25-33(29,30)16-12-24-28(13-16)17-9-15(3-4-21-17)27-5-7-32-8-6-27/h3-4,9-13,25H,5-8H2,1-2H3. The van der Waals surface area contributed by atoms with Crippen LogP contribution in [0.3, 0.4) is 0 Å². The largest absolute Gasteiger partial charge is 0.479 e. The van der Waals surface area contributed by atoms with Gasteiger partial charge in [0.05, 0.1) is 44.4 Å². The third kappa shape index (κ3) is 3.96. The van der Waals surface area contributed by atoms with Crippen molar-refractivity contribution < 1.29 is 17.9 Å². The molecule has 5 heterocycles. The summed E-state index contributed by atoms with van der Waals surface area (Å²) in [5.41, 5.74) is 1.73. The Kier molecular flexibility index (Phi) is 5.34. The van der Waals surface area contributed by atoms with Crippen molar-refractivity contribution in [3.05, 3.63) is 43.1 Å². The van der Waals surface area contributed by atoms with E-state index < -0.39 is 10.0 Å². The topological polar surface area (TPSA) is 129 Å². The Morgan fingerprint density at radius 3 is 2.73 bits per heavy atom. The number of aromatic nitrogens is 6. The lowest BCUT2D eigenvalue weighted by Crippen LogP contribution is -2.36. The molecular weight excluding hydrogens is 448 g/mol. The van der Waals surface area contributed by atoms with E-state index in [9.17, 15) is 8.42 Å². The molecule has 33 heavy (non-hydrogen) atoms. The van der Waals surface area contributed by atoms with Gasteiger partial charge in [0.15, 0.2) is 5.82 Å². The molecule has 4 aromatic rings. The summed E-state index contributed by atoms with van der Waals surface area (Å²) in [4.78, 5) is 10.7. The molecule has 0 amide bonds. The first-order valence-corrected chi connectivity index (χ1v) is 11.7. The molecule has 0 atom stereocenters. The van der Waals surface area contributed by atoms with Crippen molar-refractivity contribution in [3.63, 3.8) is 0 Å². The van der Waals surface area contributed by atoms with Crippen molar-refractivity contribution in [1.29, 1.82) is 0 Å². The number of anilines is 2. The van der Waals surface area contributed by atoms with E-state index in [-0.39, 0.29) is 16.5 Å². The number of hydrogen-bond donors (Lipinski definition) is 1. The first kappa shape index (κ1) is 21.2. The van der Waals surface area contributed by atoms with Gasteiger partial charge < -0.3 is 14.4 Å². The molecule has 1 fully saturated rings. The number of pyridine rings is 2. The van der Waals surface area contributed by atoms with Crippen LogP contribution in [0.4, 0.5) is 11.4 Å². The average molecular weight is 471 g/mol.